The number of rotatable bonds is 2. The van der Waals surface area contributed by atoms with Crippen LogP contribution in [0.15, 0.2) is 4.99 Å². The van der Waals surface area contributed by atoms with Crippen LogP contribution in [0.1, 0.15) is 64.2 Å². The maximum Gasteiger partial charge on any atom is 0.191 e. The van der Waals surface area contributed by atoms with E-state index >= 15 is 0 Å². The Hall–Kier alpha value is -0.730. The quantitative estimate of drug-likeness (QED) is 0.604. The number of hydrogen-bond donors (Lipinski definition) is 1. The molecule has 0 spiro atoms. The summed E-state index contributed by atoms with van der Waals surface area (Å²) in [6.45, 7) is 1.14. The summed E-state index contributed by atoms with van der Waals surface area (Å²) in [6.07, 6.45) is 13.5. The third-order valence-corrected chi connectivity index (χ3v) is 5.18. The van der Waals surface area contributed by atoms with Crippen LogP contribution < -0.4 is 5.73 Å². The van der Waals surface area contributed by atoms with Gasteiger partial charge in [-0.2, -0.15) is 0 Å². The van der Waals surface area contributed by atoms with Crippen LogP contribution in [-0.2, 0) is 0 Å². The largest absolute Gasteiger partial charge is 0.370 e. The summed E-state index contributed by atoms with van der Waals surface area (Å²) in [5, 5.41) is 0. The molecule has 0 aromatic carbocycles. The average Bonchev–Trinajstić information content (AvgIpc) is 3.11. The van der Waals surface area contributed by atoms with Gasteiger partial charge < -0.3 is 10.6 Å². The van der Waals surface area contributed by atoms with Crippen molar-refractivity contribution in [2.45, 2.75) is 76.3 Å². The maximum absolute atomic E-state index is 6.29. The first-order valence-electron chi connectivity index (χ1n) is 7.94. The minimum absolute atomic E-state index is 0.523. The Bertz CT molecular complexity index is 301. The van der Waals surface area contributed by atoms with Crippen molar-refractivity contribution in [3.63, 3.8) is 0 Å². The van der Waals surface area contributed by atoms with E-state index in [1.165, 1.54) is 64.2 Å². The van der Waals surface area contributed by atoms with Gasteiger partial charge in [-0.25, -0.2) is 4.99 Å². The van der Waals surface area contributed by atoms with Gasteiger partial charge in [0.05, 0.1) is 6.04 Å². The van der Waals surface area contributed by atoms with Gasteiger partial charge in [-0.15, -0.1) is 0 Å². The van der Waals surface area contributed by atoms with Gasteiger partial charge in [0, 0.05) is 12.6 Å². The second kappa shape index (κ2) is 5.50. The summed E-state index contributed by atoms with van der Waals surface area (Å²) in [4.78, 5) is 7.24. The number of guanidine groups is 1. The predicted molar refractivity (Wildman–Crippen MR) is 75.6 cm³/mol. The summed E-state index contributed by atoms with van der Waals surface area (Å²) in [6, 6.07) is 1.23. The topological polar surface area (TPSA) is 41.6 Å². The Balaban J connectivity index is 1.65. The lowest BCUT2D eigenvalue weighted by atomic mass is 9.96. The summed E-state index contributed by atoms with van der Waals surface area (Å²) >= 11 is 0. The number of likely N-dealkylation sites (tertiary alicyclic amines) is 1. The van der Waals surface area contributed by atoms with Gasteiger partial charge in [0.2, 0.25) is 0 Å². The highest BCUT2D eigenvalue weighted by molar-refractivity contribution is 5.79. The number of nitrogens with zero attached hydrogens (tertiary/aromatic N) is 2. The molecular weight excluding hydrogens is 222 g/mol. The van der Waals surface area contributed by atoms with Crippen molar-refractivity contribution in [2.24, 2.45) is 16.6 Å². The Labute approximate surface area is 111 Å². The molecule has 3 heteroatoms. The molecule has 2 aliphatic carbocycles. The van der Waals surface area contributed by atoms with E-state index in [-0.39, 0.29) is 0 Å². The van der Waals surface area contributed by atoms with Crippen LogP contribution in [0.4, 0.5) is 0 Å². The van der Waals surface area contributed by atoms with Gasteiger partial charge in [-0.05, 0) is 44.4 Å². The molecule has 3 aliphatic rings. The lowest BCUT2D eigenvalue weighted by Crippen LogP contribution is -2.44. The Kier molecular flexibility index (Phi) is 3.76. The molecule has 1 aliphatic heterocycles. The standard InChI is InChI=1S/C15H27N3/c16-15(17-13-8-3-4-9-13)18-11-5-10-14(18)12-6-1-2-7-12/h12-14H,1-11H2,(H2,16,17). The number of hydrogen-bond acceptors (Lipinski definition) is 1. The van der Waals surface area contributed by atoms with Crippen LogP contribution in [-0.4, -0.2) is 29.5 Å². The third kappa shape index (κ3) is 2.50. The Morgan fingerprint density at radius 3 is 2.28 bits per heavy atom. The highest BCUT2D eigenvalue weighted by atomic mass is 15.3. The molecule has 0 amide bonds. The average molecular weight is 249 g/mol. The molecule has 1 heterocycles. The maximum atomic E-state index is 6.29. The van der Waals surface area contributed by atoms with Crippen LogP contribution in [0.25, 0.3) is 0 Å². The van der Waals surface area contributed by atoms with Gasteiger partial charge in [-0.1, -0.05) is 25.7 Å². The fourth-order valence-corrected chi connectivity index (χ4v) is 4.20. The van der Waals surface area contributed by atoms with E-state index in [2.05, 4.69) is 4.90 Å². The SMILES string of the molecule is NC(=NC1CCCC1)N1CCCC1C1CCCC1. The zero-order chi connectivity index (χ0) is 12.4. The first-order valence-corrected chi connectivity index (χ1v) is 7.94. The monoisotopic (exact) mass is 249 g/mol. The van der Waals surface area contributed by atoms with Crippen LogP contribution in [0, 0.1) is 5.92 Å². The molecule has 3 nitrogen and oxygen atoms in total. The molecule has 1 saturated heterocycles. The summed E-state index contributed by atoms with van der Waals surface area (Å²) in [5.41, 5.74) is 6.29. The number of nitrogens with two attached hydrogens (primary N) is 1. The first-order chi connectivity index (χ1) is 8.84. The van der Waals surface area contributed by atoms with E-state index in [1.807, 2.05) is 0 Å². The molecule has 2 saturated carbocycles. The predicted octanol–water partition coefficient (Wildman–Crippen LogP) is 2.90. The molecule has 0 aromatic rings. The van der Waals surface area contributed by atoms with Crippen LogP contribution in [0.5, 0.6) is 0 Å². The van der Waals surface area contributed by atoms with Crippen LogP contribution in [0.3, 0.4) is 0 Å². The van der Waals surface area contributed by atoms with Crippen molar-refractivity contribution in [3.05, 3.63) is 0 Å². The van der Waals surface area contributed by atoms with Gasteiger partial charge in [0.15, 0.2) is 5.96 Å². The van der Waals surface area contributed by atoms with Crippen molar-refractivity contribution in [3.8, 4) is 0 Å². The van der Waals surface area contributed by atoms with Crippen LogP contribution >= 0.6 is 0 Å². The third-order valence-electron chi connectivity index (χ3n) is 5.18. The molecule has 0 aromatic heterocycles. The Morgan fingerprint density at radius 1 is 0.889 bits per heavy atom. The normalized spacial score (nSPS) is 31.7. The first kappa shape index (κ1) is 12.3. The van der Waals surface area contributed by atoms with Gasteiger partial charge >= 0.3 is 0 Å². The lowest BCUT2D eigenvalue weighted by molar-refractivity contribution is 0.277. The van der Waals surface area contributed by atoms with E-state index in [1.54, 1.807) is 0 Å². The molecule has 0 bridgehead atoms. The number of aliphatic imine (C=N–C) groups is 1. The summed E-state index contributed by atoms with van der Waals surface area (Å²) in [7, 11) is 0. The minimum atomic E-state index is 0.523. The fraction of sp³-hybridized carbons (Fsp3) is 0.933. The molecule has 2 N–H and O–H groups in total. The minimum Gasteiger partial charge on any atom is -0.370 e. The van der Waals surface area contributed by atoms with E-state index < -0.39 is 0 Å². The Morgan fingerprint density at radius 2 is 1.56 bits per heavy atom. The van der Waals surface area contributed by atoms with E-state index in [4.69, 9.17) is 10.7 Å². The van der Waals surface area contributed by atoms with Crippen molar-refractivity contribution >= 4 is 5.96 Å². The molecule has 1 atom stereocenters. The lowest BCUT2D eigenvalue weighted by Gasteiger charge is -2.30. The van der Waals surface area contributed by atoms with E-state index in [0.717, 1.165) is 18.4 Å². The second-order valence-electron chi connectivity index (χ2n) is 6.37. The zero-order valence-electron chi connectivity index (χ0n) is 11.5. The van der Waals surface area contributed by atoms with E-state index in [9.17, 15) is 0 Å². The van der Waals surface area contributed by atoms with Crippen LogP contribution in [0.2, 0.25) is 0 Å². The van der Waals surface area contributed by atoms with E-state index in [0.29, 0.717) is 12.1 Å². The zero-order valence-corrected chi connectivity index (χ0v) is 11.5. The fourth-order valence-electron chi connectivity index (χ4n) is 4.20. The second-order valence-corrected chi connectivity index (χ2v) is 6.37. The molecular formula is C15H27N3. The molecule has 3 fully saturated rings. The summed E-state index contributed by atoms with van der Waals surface area (Å²) < 4.78 is 0. The molecule has 0 radical (unpaired) electrons. The van der Waals surface area contributed by atoms with Crippen molar-refractivity contribution < 1.29 is 0 Å². The van der Waals surface area contributed by atoms with Crippen molar-refractivity contribution in [2.75, 3.05) is 6.54 Å². The van der Waals surface area contributed by atoms with Gasteiger partial charge in [-0.3, -0.25) is 0 Å². The smallest absolute Gasteiger partial charge is 0.191 e. The highest BCUT2D eigenvalue weighted by Crippen LogP contribution is 2.35. The van der Waals surface area contributed by atoms with Crippen molar-refractivity contribution in [1.82, 2.24) is 4.90 Å². The molecule has 1 unspecified atom stereocenters. The molecule has 102 valence electrons. The highest BCUT2D eigenvalue weighted by Gasteiger charge is 2.34. The molecule has 3 rings (SSSR count). The van der Waals surface area contributed by atoms with Gasteiger partial charge in [0.25, 0.3) is 0 Å². The summed E-state index contributed by atoms with van der Waals surface area (Å²) in [5.74, 6) is 1.75. The molecule has 18 heavy (non-hydrogen) atoms. The van der Waals surface area contributed by atoms with Gasteiger partial charge in [0.1, 0.15) is 0 Å². The van der Waals surface area contributed by atoms with Crippen molar-refractivity contribution in [1.29, 1.82) is 0 Å².